The van der Waals surface area contributed by atoms with E-state index in [0.29, 0.717) is 5.92 Å². The van der Waals surface area contributed by atoms with Gasteiger partial charge in [0.15, 0.2) is 0 Å². The van der Waals surface area contributed by atoms with Gasteiger partial charge in [0, 0.05) is 44.6 Å². The van der Waals surface area contributed by atoms with Crippen molar-refractivity contribution >= 4 is 17.2 Å². The Morgan fingerprint density at radius 3 is 3.00 bits per heavy atom. The standard InChI is InChI=1S/C16H24N2O2S/c1-12-6-14(21-9-12)15(19)18-5-4-16(11-18)10-17(2)7-13(16)8-20-3/h6,9,13H,4-5,7-8,10-11H2,1-3H3/t13-,16+/m0/s1. The summed E-state index contributed by atoms with van der Waals surface area (Å²) < 4.78 is 5.42. The van der Waals surface area contributed by atoms with Crippen LogP contribution >= 0.6 is 11.3 Å². The number of hydrogen-bond donors (Lipinski definition) is 0. The van der Waals surface area contributed by atoms with Crippen LogP contribution in [-0.4, -0.2) is 62.7 Å². The lowest BCUT2D eigenvalue weighted by atomic mass is 9.78. The number of hydrogen-bond acceptors (Lipinski definition) is 4. The van der Waals surface area contributed by atoms with Crippen LogP contribution in [0.2, 0.25) is 0 Å². The zero-order valence-corrected chi connectivity index (χ0v) is 13.9. The lowest BCUT2D eigenvalue weighted by Crippen LogP contribution is -2.37. The number of carbonyl (C=O) groups is 1. The van der Waals surface area contributed by atoms with E-state index in [1.165, 1.54) is 5.56 Å². The number of amides is 1. The number of nitrogens with zero attached hydrogens (tertiary/aromatic N) is 2. The Hall–Kier alpha value is -0.910. The van der Waals surface area contributed by atoms with Crippen molar-refractivity contribution < 1.29 is 9.53 Å². The smallest absolute Gasteiger partial charge is 0.263 e. The van der Waals surface area contributed by atoms with Crippen molar-refractivity contribution in [3.05, 3.63) is 21.9 Å². The highest BCUT2D eigenvalue weighted by atomic mass is 32.1. The third kappa shape index (κ3) is 2.74. The Kier molecular flexibility index (Phi) is 4.08. The fraction of sp³-hybridized carbons (Fsp3) is 0.688. The molecule has 1 aromatic rings. The van der Waals surface area contributed by atoms with Crippen LogP contribution in [0.4, 0.5) is 0 Å². The highest BCUT2D eigenvalue weighted by Crippen LogP contribution is 2.43. The van der Waals surface area contributed by atoms with Gasteiger partial charge >= 0.3 is 0 Å². The van der Waals surface area contributed by atoms with Crippen LogP contribution in [0.15, 0.2) is 11.4 Å². The fourth-order valence-electron chi connectivity index (χ4n) is 3.96. The predicted molar refractivity (Wildman–Crippen MR) is 84.9 cm³/mol. The molecule has 2 fully saturated rings. The first-order valence-corrected chi connectivity index (χ1v) is 8.44. The minimum absolute atomic E-state index is 0.204. The molecule has 2 aliphatic heterocycles. The Morgan fingerprint density at radius 1 is 1.52 bits per heavy atom. The molecule has 2 atom stereocenters. The first-order chi connectivity index (χ1) is 10.0. The normalized spacial score (nSPS) is 29.7. The number of aryl methyl sites for hydroxylation is 1. The number of ether oxygens (including phenoxy) is 1. The van der Waals surface area contributed by atoms with Crippen LogP contribution < -0.4 is 0 Å². The van der Waals surface area contributed by atoms with Crippen molar-refractivity contribution in [2.75, 3.05) is 46.9 Å². The summed E-state index contributed by atoms with van der Waals surface area (Å²) in [4.78, 5) is 17.9. The van der Waals surface area contributed by atoms with Gasteiger partial charge in [0.05, 0.1) is 11.5 Å². The molecule has 1 aromatic heterocycles. The van der Waals surface area contributed by atoms with Crippen molar-refractivity contribution in [2.45, 2.75) is 13.3 Å². The van der Waals surface area contributed by atoms with Gasteiger partial charge in [-0.15, -0.1) is 11.3 Å². The Bertz CT molecular complexity index is 530. The minimum atomic E-state index is 0.204. The van der Waals surface area contributed by atoms with Crippen molar-refractivity contribution in [3.8, 4) is 0 Å². The summed E-state index contributed by atoms with van der Waals surface area (Å²) in [6.07, 6.45) is 1.10. The van der Waals surface area contributed by atoms with Crippen LogP contribution in [0.1, 0.15) is 21.7 Å². The number of methoxy groups -OCH3 is 1. The molecule has 116 valence electrons. The maximum atomic E-state index is 12.6. The molecule has 0 saturated carbocycles. The molecule has 4 nitrogen and oxygen atoms in total. The van der Waals surface area contributed by atoms with Crippen LogP contribution in [0.3, 0.4) is 0 Å². The van der Waals surface area contributed by atoms with E-state index < -0.39 is 0 Å². The van der Waals surface area contributed by atoms with Gasteiger partial charge in [0.2, 0.25) is 0 Å². The number of carbonyl (C=O) groups excluding carboxylic acids is 1. The summed E-state index contributed by atoms with van der Waals surface area (Å²) in [5.74, 6) is 0.742. The van der Waals surface area contributed by atoms with E-state index in [9.17, 15) is 4.79 Å². The van der Waals surface area contributed by atoms with E-state index in [1.54, 1.807) is 18.4 Å². The summed E-state index contributed by atoms with van der Waals surface area (Å²) in [6, 6.07) is 2.01. The molecule has 0 unspecified atom stereocenters. The molecule has 0 N–H and O–H groups in total. The molecule has 0 aliphatic carbocycles. The molecule has 0 aromatic carbocycles. The van der Waals surface area contributed by atoms with E-state index >= 15 is 0 Å². The van der Waals surface area contributed by atoms with Crippen LogP contribution in [-0.2, 0) is 4.74 Å². The van der Waals surface area contributed by atoms with E-state index in [2.05, 4.69) is 17.3 Å². The third-order valence-corrected chi connectivity index (χ3v) is 6.00. The molecule has 5 heteroatoms. The van der Waals surface area contributed by atoms with Gasteiger partial charge in [-0.3, -0.25) is 4.79 Å². The van der Waals surface area contributed by atoms with Gasteiger partial charge in [-0.2, -0.15) is 0 Å². The van der Waals surface area contributed by atoms with Crippen molar-refractivity contribution in [1.82, 2.24) is 9.80 Å². The maximum Gasteiger partial charge on any atom is 0.263 e. The molecule has 2 aliphatic rings. The minimum Gasteiger partial charge on any atom is -0.384 e. The average molecular weight is 308 g/mol. The van der Waals surface area contributed by atoms with Crippen LogP contribution in [0.25, 0.3) is 0 Å². The maximum absolute atomic E-state index is 12.6. The lowest BCUT2D eigenvalue weighted by Gasteiger charge is -2.29. The summed E-state index contributed by atoms with van der Waals surface area (Å²) in [7, 11) is 3.95. The van der Waals surface area contributed by atoms with Crippen molar-refractivity contribution in [2.24, 2.45) is 11.3 Å². The van der Waals surface area contributed by atoms with Gasteiger partial charge in [-0.1, -0.05) is 0 Å². The molecular formula is C16H24N2O2S. The molecule has 2 saturated heterocycles. The molecule has 3 heterocycles. The number of thiophene rings is 1. The molecule has 3 rings (SSSR count). The zero-order chi connectivity index (χ0) is 15.0. The average Bonchev–Trinajstić information content (AvgIpc) is 3.11. The van der Waals surface area contributed by atoms with E-state index in [4.69, 9.17) is 4.74 Å². The predicted octanol–water partition coefficient (Wildman–Crippen LogP) is 2.10. The van der Waals surface area contributed by atoms with Crippen molar-refractivity contribution in [1.29, 1.82) is 0 Å². The highest BCUT2D eigenvalue weighted by molar-refractivity contribution is 7.12. The zero-order valence-electron chi connectivity index (χ0n) is 13.1. The molecule has 0 radical (unpaired) electrons. The Morgan fingerprint density at radius 2 is 2.33 bits per heavy atom. The Labute approximate surface area is 130 Å². The monoisotopic (exact) mass is 308 g/mol. The topological polar surface area (TPSA) is 32.8 Å². The van der Waals surface area contributed by atoms with Crippen molar-refractivity contribution in [3.63, 3.8) is 0 Å². The number of likely N-dealkylation sites (tertiary alicyclic amines) is 2. The first-order valence-electron chi connectivity index (χ1n) is 7.56. The molecule has 1 amide bonds. The van der Waals surface area contributed by atoms with E-state index in [-0.39, 0.29) is 11.3 Å². The van der Waals surface area contributed by atoms with Gasteiger partial charge < -0.3 is 14.5 Å². The number of rotatable bonds is 3. The van der Waals surface area contributed by atoms with Crippen LogP contribution in [0.5, 0.6) is 0 Å². The molecule has 0 bridgehead atoms. The highest BCUT2D eigenvalue weighted by Gasteiger charge is 2.50. The van der Waals surface area contributed by atoms with Gasteiger partial charge in [-0.25, -0.2) is 0 Å². The van der Waals surface area contributed by atoms with Gasteiger partial charge in [0.1, 0.15) is 0 Å². The van der Waals surface area contributed by atoms with Gasteiger partial charge in [-0.05, 0) is 37.4 Å². The summed E-state index contributed by atoms with van der Waals surface area (Å²) in [6.45, 7) is 6.75. The Balaban J connectivity index is 1.73. The largest absolute Gasteiger partial charge is 0.384 e. The summed E-state index contributed by atoms with van der Waals surface area (Å²) in [5.41, 5.74) is 1.40. The SMILES string of the molecule is COC[C@@H]1CN(C)C[C@@]12CCN(C(=O)c1cc(C)cs1)C2. The summed E-state index contributed by atoms with van der Waals surface area (Å²) in [5, 5.41) is 2.05. The second-order valence-electron chi connectivity index (χ2n) is 6.68. The molecule has 21 heavy (non-hydrogen) atoms. The third-order valence-electron chi connectivity index (χ3n) is 4.96. The fourth-order valence-corrected chi connectivity index (χ4v) is 4.83. The van der Waals surface area contributed by atoms with Gasteiger partial charge in [0.25, 0.3) is 5.91 Å². The lowest BCUT2D eigenvalue weighted by molar-refractivity contribution is 0.0720. The molecular weight excluding hydrogens is 284 g/mol. The quantitative estimate of drug-likeness (QED) is 0.857. The van der Waals surface area contributed by atoms with E-state index in [1.807, 2.05) is 17.9 Å². The van der Waals surface area contributed by atoms with Crippen LogP contribution in [0, 0.1) is 18.3 Å². The first kappa shape index (κ1) is 15.0. The molecule has 1 spiro atoms. The second kappa shape index (κ2) is 5.71. The summed E-state index contributed by atoms with van der Waals surface area (Å²) >= 11 is 1.56. The second-order valence-corrected chi connectivity index (χ2v) is 7.59. The van der Waals surface area contributed by atoms with E-state index in [0.717, 1.165) is 44.1 Å².